The topological polar surface area (TPSA) is 9.23 Å². The molecule has 1 saturated carbocycles. The molecule has 1 aromatic carbocycles. The summed E-state index contributed by atoms with van der Waals surface area (Å²) >= 11 is 0. The summed E-state index contributed by atoms with van der Waals surface area (Å²) in [5, 5.41) is 0. The average molecular weight is 286 g/mol. The van der Waals surface area contributed by atoms with Crippen LogP contribution < -0.4 is 4.74 Å². The summed E-state index contributed by atoms with van der Waals surface area (Å²) < 4.78 is 5.89. The molecule has 21 heavy (non-hydrogen) atoms. The molecule has 1 nitrogen and oxygen atoms in total. The van der Waals surface area contributed by atoms with Gasteiger partial charge in [0.1, 0.15) is 5.75 Å². The van der Waals surface area contributed by atoms with Gasteiger partial charge in [-0.15, -0.1) is 0 Å². The fourth-order valence-electron chi connectivity index (χ4n) is 4.20. The van der Waals surface area contributed by atoms with Gasteiger partial charge in [0.2, 0.25) is 0 Å². The van der Waals surface area contributed by atoms with E-state index in [0.29, 0.717) is 11.3 Å². The highest BCUT2D eigenvalue weighted by Gasteiger charge is 2.31. The highest BCUT2D eigenvalue weighted by Crippen LogP contribution is 2.45. The van der Waals surface area contributed by atoms with Gasteiger partial charge in [-0.25, -0.2) is 0 Å². The molecule has 2 aliphatic rings. The predicted molar refractivity (Wildman–Crippen MR) is 89.0 cm³/mol. The third-order valence-corrected chi connectivity index (χ3v) is 5.41. The highest BCUT2D eigenvalue weighted by atomic mass is 16.5. The minimum atomic E-state index is 0.321. The molecule has 3 rings (SSSR count). The molecule has 1 unspecified atom stereocenters. The summed E-state index contributed by atoms with van der Waals surface area (Å²) in [6.45, 7) is 7.96. The molecule has 0 amide bonds. The van der Waals surface area contributed by atoms with Crippen molar-refractivity contribution in [3.8, 4) is 5.75 Å². The summed E-state index contributed by atoms with van der Waals surface area (Å²) in [6.07, 6.45) is 9.59. The largest absolute Gasteiger partial charge is 0.493 e. The molecule has 1 heterocycles. The van der Waals surface area contributed by atoms with E-state index in [2.05, 4.69) is 39.0 Å². The molecule has 0 N–H and O–H groups in total. The molecule has 0 radical (unpaired) electrons. The first kappa shape index (κ1) is 14.9. The van der Waals surface area contributed by atoms with Crippen molar-refractivity contribution in [1.82, 2.24) is 0 Å². The van der Waals surface area contributed by atoms with Crippen LogP contribution in [0.25, 0.3) is 0 Å². The SMILES string of the molecule is CC(C)(C)C1CCOc2ccc(CC3CCCCC3)cc21. The Labute approximate surface area is 130 Å². The lowest BCUT2D eigenvalue weighted by atomic mass is 9.73. The van der Waals surface area contributed by atoms with Gasteiger partial charge in [-0.1, -0.05) is 65.0 Å². The van der Waals surface area contributed by atoms with Crippen LogP contribution in [0.2, 0.25) is 0 Å². The van der Waals surface area contributed by atoms with Gasteiger partial charge in [0.25, 0.3) is 0 Å². The molecule has 0 saturated heterocycles. The number of hydrogen-bond acceptors (Lipinski definition) is 1. The lowest BCUT2D eigenvalue weighted by molar-refractivity contribution is 0.203. The number of hydrogen-bond donors (Lipinski definition) is 0. The van der Waals surface area contributed by atoms with Gasteiger partial charge < -0.3 is 4.74 Å². The lowest BCUT2D eigenvalue weighted by Crippen LogP contribution is -2.25. The summed E-state index contributed by atoms with van der Waals surface area (Å²) in [5.41, 5.74) is 3.31. The van der Waals surface area contributed by atoms with E-state index in [9.17, 15) is 0 Å². The summed E-state index contributed by atoms with van der Waals surface area (Å²) in [7, 11) is 0. The average Bonchev–Trinajstić information content (AvgIpc) is 2.46. The van der Waals surface area contributed by atoms with E-state index in [1.807, 2.05) is 0 Å². The Morgan fingerprint density at radius 1 is 1.05 bits per heavy atom. The normalized spacial score (nSPS) is 23.5. The van der Waals surface area contributed by atoms with Gasteiger partial charge in [0, 0.05) is 0 Å². The molecule has 1 aromatic rings. The van der Waals surface area contributed by atoms with E-state index >= 15 is 0 Å². The van der Waals surface area contributed by atoms with Gasteiger partial charge >= 0.3 is 0 Å². The Hall–Kier alpha value is -0.980. The highest BCUT2D eigenvalue weighted by molar-refractivity contribution is 5.42. The molecule has 116 valence electrons. The first-order valence-corrected chi connectivity index (χ1v) is 8.79. The van der Waals surface area contributed by atoms with E-state index < -0.39 is 0 Å². The smallest absolute Gasteiger partial charge is 0.122 e. The first-order chi connectivity index (χ1) is 10.0. The second-order valence-electron chi connectivity index (χ2n) is 8.14. The van der Waals surface area contributed by atoms with Crippen LogP contribution in [0.15, 0.2) is 18.2 Å². The minimum Gasteiger partial charge on any atom is -0.493 e. The van der Waals surface area contributed by atoms with Gasteiger partial charge in [-0.05, 0) is 47.3 Å². The van der Waals surface area contributed by atoms with E-state index in [4.69, 9.17) is 4.74 Å². The maximum Gasteiger partial charge on any atom is 0.122 e. The molecular formula is C20H30O. The van der Waals surface area contributed by atoms with Crippen molar-refractivity contribution in [3.05, 3.63) is 29.3 Å². The van der Waals surface area contributed by atoms with Gasteiger partial charge in [-0.3, -0.25) is 0 Å². The first-order valence-electron chi connectivity index (χ1n) is 8.79. The Balaban J connectivity index is 1.81. The van der Waals surface area contributed by atoms with Crippen LogP contribution in [0.1, 0.15) is 76.3 Å². The standard InChI is InChI=1S/C20H30O/c1-20(2,3)18-11-12-21-19-10-9-16(14-17(18)19)13-15-7-5-4-6-8-15/h9-10,14-15,18H,4-8,11-13H2,1-3H3. The van der Waals surface area contributed by atoms with Crippen LogP contribution in [0, 0.1) is 11.3 Å². The summed E-state index contributed by atoms with van der Waals surface area (Å²) in [6, 6.07) is 6.99. The zero-order valence-corrected chi connectivity index (χ0v) is 14.0. The van der Waals surface area contributed by atoms with E-state index in [1.165, 1.54) is 49.7 Å². The molecular weight excluding hydrogens is 256 g/mol. The second-order valence-corrected chi connectivity index (χ2v) is 8.14. The van der Waals surface area contributed by atoms with Crippen LogP contribution in [-0.2, 0) is 6.42 Å². The number of fused-ring (bicyclic) bond motifs is 1. The molecule has 1 atom stereocenters. The zero-order chi connectivity index (χ0) is 14.9. The molecule has 0 aromatic heterocycles. The Kier molecular flexibility index (Phi) is 4.28. The van der Waals surface area contributed by atoms with Crippen LogP contribution >= 0.6 is 0 Å². The van der Waals surface area contributed by atoms with E-state index in [1.54, 1.807) is 0 Å². The van der Waals surface area contributed by atoms with E-state index in [-0.39, 0.29) is 0 Å². The Morgan fingerprint density at radius 3 is 2.52 bits per heavy atom. The van der Waals surface area contributed by atoms with Crippen LogP contribution in [0.4, 0.5) is 0 Å². The predicted octanol–water partition coefficient (Wildman–Crippen LogP) is 5.72. The Morgan fingerprint density at radius 2 is 1.81 bits per heavy atom. The zero-order valence-electron chi connectivity index (χ0n) is 14.0. The van der Waals surface area contributed by atoms with Crippen molar-refractivity contribution < 1.29 is 4.74 Å². The van der Waals surface area contributed by atoms with Crippen molar-refractivity contribution in [2.24, 2.45) is 11.3 Å². The van der Waals surface area contributed by atoms with Crippen molar-refractivity contribution >= 4 is 0 Å². The number of benzene rings is 1. The fourth-order valence-corrected chi connectivity index (χ4v) is 4.20. The van der Waals surface area contributed by atoms with Gasteiger partial charge in [0.05, 0.1) is 6.61 Å². The molecule has 0 bridgehead atoms. The second kappa shape index (κ2) is 6.02. The van der Waals surface area contributed by atoms with Gasteiger partial charge in [-0.2, -0.15) is 0 Å². The van der Waals surface area contributed by atoms with E-state index in [0.717, 1.165) is 24.7 Å². The van der Waals surface area contributed by atoms with Crippen molar-refractivity contribution in [2.75, 3.05) is 6.61 Å². The monoisotopic (exact) mass is 286 g/mol. The molecule has 1 aliphatic carbocycles. The quantitative estimate of drug-likeness (QED) is 0.675. The maximum absolute atomic E-state index is 5.89. The van der Waals surface area contributed by atoms with Crippen molar-refractivity contribution in [1.29, 1.82) is 0 Å². The van der Waals surface area contributed by atoms with Gasteiger partial charge in [0.15, 0.2) is 0 Å². The van der Waals surface area contributed by atoms with Crippen LogP contribution in [0.3, 0.4) is 0 Å². The minimum absolute atomic E-state index is 0.321. The number of ether oxygens (including phenoxy) is 1. The fraction of sp³-hybridized carbons (Fsp3) is 0.700. The lowest BCUT2D eigenvalue weighted by Gasteiger charge is -2.36. The number of rotatable bonds is 2. The maximum atomic E-state index is 5.89. The molecule has 0 spiro atoms. The summed E-state index contributed by atoms with van der Waals surface area (Å²) in [5.74, 6) is 2.68. The third kappa shape index (κ3) is 3.44. The summed E-state index contributed by atoms with van der Waals surface area (Å²) in [4.78, 5) is 0. The van der Waals surface area contributed by atoms with Crippen LogP contribution in [-0.4, -0.2) is 6.61 Å². The Bertz CT molecular complexity index is 477. The van der Waals surface area contributed by atoms with Crippen molar-refractivity contribution in [3.63, 3.8) is 0 Å². The van der Waals surface area contributed by atoms with Crippen LogP contribution in [0.5, 0.6) is 5.75 Å². The molecule has 1 fully saturated rings. The molecule has 1 aliphatic heterocycles. The van der Waals surface area contributed by atoms with Crippen molar-refractivity contribution in [2.45, 2.75) is 71.6 Å². The molecule has 1 heteroatoms. The third-order valence-electron chi connectivity index (χ3n) is 5.41.